The first-order valence-corrected chi connectivity index (χ1v) is 5.81. The van der Waals surface area contributed by atoms with Crippen LogP contribution in [0.5, 0.6) is 0 Å². The van der Waals surface area contributed by atoms with Crippen LogP contribution in [-0.2, 0) is 11.3 Å². The number of hydrogen-bond donors (Lipinski definition) is 0. The predicted molar refractivity (Wildman–Crippen MR) is 63.3 cm³/mol. The van der Waals surface area contributed by atoms with Crippen LogP contribution in [0.2, 0.25) is 0 Å². The Bertz CT molecular complexity index is 575. The second-order valence-corrected chi connectivity index (χ2v) is 4.07. The Kier molecular flexibility index (Phi) is 3.34. The van der Waals surface area contributed by atoms with E-state index in [4.69, 9.17) is 0 Å². The molecule has 0 fully saturated rings. The van der Waals surface area contributed by atoms with Crippen LogP contribution in [-0.4, -0.2) is 22.6 Å². The highest BCUT2D eigenvalue weighted by molar-refractivity contribution is 7.07. The van der Waals surface area contributed by atoms with Gasteiger partial charge < -0.3 is 9.30 Å². The van der Waals surface area contributed by atoms with Crippen molar-refractivity contribution in [2.75, 3.05) is 7.11 Å². The van der Waals surface area contributed by atoms with Gasteiger partial charge in [-0.25, -0.2) is 9.78 Å². The molecular weight excluding hydrogens is 240 g/mol. The van der Waals surface area contributed by atoms with Crippen LogP contribution < -0.4 is 5.56 Å². The zero-order chi connectivity index (χ0) is 12.3. The molecular formula is C11H10N2O3S. The fraction of sp³-hybridized carbons (Fsp3) is 0.182. The van der Waals surface area contributed by atoms with Crippen molar-refractivity contribution in [2.24, 2.45) is 0 Å². The molecule has 17 heavy (non-hydrogen) atoms. The number of esters is 1. The Labute approximate surface area is 101 Å². The summed E-state index contributed by atoms with van der Waals surface area (Å²) < 4.78 is 6.03. The summed E-state index contributed by atoms with van der Waals surface area (Å²) in [7, 11) is 1.30. The van der Waals surface area contributed by atoms with Gasteiger partial charge in [0.05, 0.1) is 30.4 Å². The number of ether oxygens (including phenoxy) is 1. The van der Waals surface area contributed by atoms with Crippen LogP contribution in [0.4, 0.5) is 0 Å². The van der Waals surface area contributed by atoms with E-state index in [1.807, 2.05) is 5.38 Å². The van der Waals surface area contributed by atoms with Gasteiger partial charge in [0.25, 0.3) is 5.56 Å². The first kappa shape index (κ1) is 11.5. The normalized spacial score (nSPS) is 10.2. The van der Waals surface area contributed by atoms with Crippen LogP contribution >= 0.6 is 11.3 Å². The lowest BCUT2D eigenvalue weighted by atomic mass is 10.3. The summed E-state index contributed by atoms with van der Waals surface area (Å²) in [6.07, 6.45) is 1.48. The van der Waals surface area contributed by atoms with Gasteiger partial charge in [-0.2, -0.15) is 0 Å². The molecule has 0 saturated carbocycles. The van der Waals surface area contributed by atoms with Gasteiger partial charge >= 0.3 is 5.97 Å². The summed E-state index contributed by atoms with van der Waals surface area (Å²) in [6, 6.07) is 2.80. The van der Waals surface area contributed by atoms with E-state index in [2.05, 4.69) is 9.72 Å². The highest BCUT2D eigenvalue weighted by Crippen LogP contribution is 2.04. The molecule has 88 valence electrons. The largest absolute Gasteiger partial charge is 0.465 e. The maximum absolute atomic E-state index is 11.6. The van der Waals surface area contributed by atoms with E-state index in [1.165, 1.54) is 41.3 Å². The second-order valence-electron chi connectivity index (χ2n) is 3.36. The molecule has 0 radical (unpaired) electrons. The Morgan fingerprint density at radius 3 is 3.00 bits per heavy atom. The van der Waals surface area contributed by atoms with Gasteiger partial charge in [-0.15, -0.1) is 11.3 Å². The van der Waals surface area contributed by atoms with Gasteiger partial charge in [0, 0.05) is 17.6 Å². The van der Waals surface area contributed by atoms with Crippen molar-refractivity contribution in [1.82, 2.24) is 9.55 Å². The topological polar surface area (TPSA) is 61.2 Å². The van der Waals surface area contributed by atoms with Crippen LogP contribution in [0.3, 0.4) is 0 Å². The SMILES string of the molecule is COC(=O)c1ccc(=O)n(Cc2cscn2)c1. The monoisotopic (exact) mass is 250 g/mol. The molecule has 2 aromatic heterocycles. The smallest absolute Gasteiger partial charge is 0.339 e. The molecule has 2 aromatic rings. The van der Waals surface area contributed by atoms with Crippen molar-refractivity contribution >= 4 is 17.3 Å². The number of thiazole rings is 1. The molecule has 5 nitrogen and oxygen atoms in total. The molecule has 0 N–H and O–H groups in total. The molecule has 2 rings (SSSR count). The maximum atomic E-state index is 11.6. The second kappa shape index (κ2) is 4.92. The van der Waals surface area contributed by atoms with Crippen molar-refractivity contribution in [2.45, 2.75) is 6.54 Å². The number of carbonyl (C=O) groups excluding carboxylic acids is 1. The van der Waals surface area contributed by atoms with E-state index in [0.29, 0.717) is 12.1 Å². The van der Waals surface area contributed by atoms with Gasteiger partial charge in [0.2, 0.25) is 0 Å². The molecule has 0 aromatic carbocycles. The zero-order valence-corrected chi connectivity index (χ0v) is 9.94. The average molecular weight is 250 g/mol. The minimum Gasteiger partial charge on any atom is -0.465 e. The molecule has 0 unspecified atom stereocenters. The quantitative estimate of drug-likeness (QED) is 0.766. The van der Waals surface area contributed by atoms with Crippen molar-refractivity contribution in [3.63, 3.8) is 0 Å². The molecule has 0 aliphatic heterocycles. The van der Waals surface area contributed by atoms with E-state index >= 15 is 0 Å². The van der Waals surface area contributed by atoms with E-state index in [-0.39, 0.29) is 5.56 Å². The minimum atomic E-state index is -0.461. The molecule has 0 aliphatic carbocycles. The van der Waals surface area contributed by atoms with Gasteiger partial charge in [-0.1, -0.05) is 0 Å². The summed E-state index contributed by atoms with van der Waals surface area (Å²) >= 11 is 1.46. The number of methoxy groups -OCH3 is 1. The van der Waals surface area contributed by atoms with Gasteiger partial charge in [-0.3, -0.25) is 4.79 Å². The molecule has 0 atom stereocenters. The van der Waals surface area contributed by atoms with Crippen LogP contribution in [0.25, 0.3) is 0 Å². The van der Waals surface area contributed by atoms with Crippen molar-refractivity contribution in [3.05, 3.63) is 50.8 Å². The van der Waals surface area contributed by atoms with Crippen LogP contribution in [0.1, 0.15) is 16.1 Å². The van der Waals surface area contributed by atoms with Crippen molar-refractivity contribution in [3.8, 4) is 0 Å². The third-order valence-electron chi connectivity index (χ3n) is 2.22. The molecule has 0 saturated heterocycles. The molecule has 0 aliphatic rings. The van der Waals surface area contributed by atoms with Gasteiger partial charge in [-0.05, 0) is 6.07 Å². The fourth-order valence-electron chi connectivity index (χ4n) is 1.38. The molecule has 0 spiro atoms. The van der Waals surface area contributed by atoms with Crippen LogP contribution in [0.15, 0.2) is 34.0 Å². The van der Waals surface area contributed by atoms with Crippen molar-refractivity contribution < 1.29 is 9.53 Å². The summed E-state index contributed by atoms with van der Waals surface area (Å²) in [4.78, 5) is 27.0. The lowest BCUT2D eigenvalue weighted by Crippen LogP contribution is -2.21. The number of rotatable bonds is 3. The van der Waals surface area contributed by atoms with Crippen LogP contribution in [0, 0.1) is 0 Å². The van der Waals surface area contributed by atoms with E-state index in [0.717, 1.165) is 5.69 Å². The summed E-state index contributed by atoms with van der Waals surface area (Å²) in [5, 5.41) is 1.86. The Balaban J connectivity index is 2.33. The Morgan fingerprint density at radius 2 is 2.35 bits per heavy atom. The number of hydrogen-bond acceptors (Lipinski definition) is 5. The van der Waals surface area contributed by atoms with E-state index in [1.54, 1.807) is 5.51 Å². The third kappa shape index (κ3) is 2.59. The lowest BCUT2D eigenvalue weighted by Gasteiger charge is -2.05. The molecule has 0 amide bonds. The summed E-state index contributed by atoms with van der Waals surface area (Å²) in [6.45, 7) is 0.354. The lowest BCUT2D eigenvalue weighted by molar-refractivity contribution is 0.0599. The summed E-state index contributed by atoms with van der Waals surface area (Å²) in [5.41, 5.74) is 2.66. The predicted octanol–water partition coefficient (Wildman–Crippen LogP) is 1.14. The summed E-state index contributed by atoms with van der Waals surface area (Å²) in [5.74, 6) is -0.461. The van der Waals surface area contributed by atoms with Gasteiger partial charge in [0.1, 0.15) is 0 Å². The number of aromatic nitrogens is 2. The standard InChI is InChI=1S/C11H10N2O3S/c1-16-11(15)8-2-3-10(14)13(4-8)5-9-6-17-7-12-9/h2-4,6-7H,5H2,1H3. The first-order chi connectivity index (χ1) is 8.20. The third-order valence-corrected chi connectivity index (χ3v) is 2.86. The highest BCUT2D eigenvalue weighted by atomic mass is 32.1. The highest BCUT2D eigenvalue weighted by Gasteiger charge is 2.07. The minimum absolute atomic E-state index is 0.175. The fourth-order valence-corrected chi connectivity index (χ4v) is 1.93. The van der Waals surface area contributed by atoms with Gasteiger partial charge in [0.15, 0.2) is 0 Å². The Morgan fingerprint density at radius 1 is 1.53 bits per heavy atom. The van der Waals surface area contributed by atoms with Crippen molar-refractivity contribution in [1.29, 1.82) is 0 Å². The first-order valence-electron chi connectivity index (χ1n) is 4.86. The average Bonchev–Trinajstić information content (AvgIpc) is 2.84. The number of pyridine rings is 1. The Hall–Kier alpha value is -1.95. The van der Waals surface area contributed by atoms with E-state index in [9.17, 15) is 9.59 Å². The molecule has 0 bridgehead atoms. The maximum Gasteiger partial charge on any atom is 0.339 e. The zero-order valence-electron chi connectivity index (χ0n) is 9.12. The molecule has 2 heterocycles. The number of carbonyl (C=O) groups is 1. The number of nitrogens with zero attached hydrogens (tertiary/aromatic N) is 2. The molecule has 6 heteroatoms. The van der Waals surface area contributed by atoms with E-state index < -0.39 is 5.97 Å².